The minimum Gasteiger partial charge on any atom is -0.376 e. The van der Waals surface area contributed by atoms with Crippen molar-refractivity contribution in [2.24, 2.45) is 0 Å². The number of nitrogens with zero attached hydrogens (tertiary/aromatic N) is 4. The Morgan fingerprint density at radius 2 is 2.22 bits per heavy atom. The van der Waals surface area contributed by atoms with E-state index in [2.05, 4.69) is 9.97 Å². The highest BCUT2D eigenvalue weighted by atomic mass is 32.2. The molecule has 1 unspecified atom stereocenters. The third-order valence-corrected chi connectivity index (χ3v) is 7.29. The first-order chi connectivity index (χ1) is 13.0. The number of rotatable bonds is 5. The lowest BCUT2D eigenvalue weighted by atomic mass is 9.80. The van der Waals surface area contributed by atoms with Crippen molar-refractivity contribution in [3.05, 3.63) is 42.0 Å². The average Bonchev–Trinajstić information content (AvgIpc) is 3.13. The number of aromatic nitrogens is 3. The van der Waals surface area contributed by atoms with Gasteiger partial charge < -0.3 is 4.74 Å². The molecule has 1 atom stereocenters. The Labute approximate surface area is 159 Å². The minimum atomic E-state index is -3.24. The summed E-state index contributed by atoms with van der Waals surface area (Å²) in [6, 6.07) is 3.78. The second-order valence-electron chi connectivity index (χ2n) is 7.34. The Balaban J connectivity index is 1.67. The van der Waals surface area contributed by atoms with Crippen LogP contribution in [0.5, 0.6) is 0 Å². The summed E-state index contributed by atoms with van der Waals surface area (Å²) in [5.74, 6) is 0.827. The molecule has 4 rings (SSSR count). The van der Waals surface area contributed by atoms with Gasteiger partial charge in [-0.25, -0.2) is 22.7 Å². The van der Waals surface area contributed by atoms with E-state index >= 15 is 0 Å². The molecule has 144 valence electrons. The van der Waals surface area contributed by atoms with Crippen molar-refractivity contribution in [3.63, 3.8) is 0 Å². The SMILES string of the molecule is CCCCS(=O)(=O)N1CCC2(COCc3cnc(-c4cccnc4)nc32)C1. The summed E-state index contributed by atoms with van der Waals surface area (Å²) in [7, 11) is -3.24. The third-order valence-electron chi connectivity index (χ3n) is 5.39. The van der Waals surface area contributed by atoms with Crippen molar-refractivity contribution in [1.29, 1.82) is 0 Å². The summed E-state index contributed by atoms with van der Waals surface area (Å²) in [6.45, 7) is 3.90. The first kappa shape index (κ1) is 18.5. The van der Waals surface area contributed by atoms with Crippen LogP contribution in [0.4, 0.5) is 0 Å². The third kappa shape index (κ3) is 3.49. The van der Waals surface area contributed by atoms with E-state index in [0.717, 1.165) is 29.7 Å². The van der Waals surface area contributed by atoms with Crippen molar-refractivity contribution in [3.8, 4) is 11.4 Å². The standard InChI is InChI=1S/C19H24N4O3S/c1-2-3-9-27(24,25)23-8-6-19(13-23)14-26-12-16-11-21-18(22-17(16)19)15-5-4-7-20-10-15/h4-5,7,10-11H,2-3,6,8-9,12-14H2,1H3. The molecule has 0 aromatic carbocycles. The molecule has 8 heteroatoms. The molecule has 7 nitrogen and oxygen atoms in total. The summed E-state index contributed by atoms with van der Waals surface area (Å²) in [4.78, 5) is 13.4. The molecule has 2 aliphatic heterocycles. The largest absolute Gasteiger partial charge is 0.376 e. The predicted molar refractivity (Wildman–Crippen MR) is 101 cm³/mol. The van der Waals surface area contributed by atoms with Crippen LogP contribution in [-0.2, 0) is 26.8 Å². The molecule has 0 N–H and O–H groups in total. The van der Waals surface area contributed by atoms with Gasteiger partial charge in [-0.2, -0.15) is 0 Å². The molecule has 1 saturated heterocycles. The monoisotopic (exact) mass is 388 g/mol. The Hall–Kier alpha value is -1.90. The fourth-order valence-corrected chi connectivity index (χ4v) is 5.59. The maximum absolute atomic E-state index is 12.7. The van der Waals surface area contributed by atoms with Gasteiger partial charge in [-0.15, -0.1) is 0 Å². The van der Waals surface area contributed by atoms with E-state index in [1.807, 2.05) is 19.1 Å². The number of sulfonamides is 1. The van der Waals surface area contributed by atoms with Gasteiger partial charge in [0.05, 0.1) is 30.1 Å². The van der Waals surface area contributed by atoms with Crippen molar-refractivity contribution in [2.75, 3.05) is 25.4 Å². The quantitative estimate of drug-likeness (QED) is 0.780. The maximum Gasteiger partial charge on any atom is 0.214 e. The second-order valence-corrected chi connectivity index (χ2v) is 9.42. The lowest BCUT2D eigenvalue weighted by molar-refractivity contribution is 0.0531. The van der Waals surface area contributed by atoms with E-state index in [1.54, 1.807) is 22.9 Å². The highest BCUT2D eigenvalue weighted by Crippen LogP contribution is 2.40. The fraction of sp³-hybridized carbons (Fsp3) is 0.526. The predicted octanol–water partition coefficient (Wildman–Crippen LogP) is 2.14. The van der Waals surface area contributed by atoms with E-state index in [0.29, 0.717) is 38.5 Å². The highest BCUT2D eigenvalue weighted by molar-refractivity contribution is 7.89. The van der Waals surface area contributed by atoms with Crippen molar-refractivity contribution >= 4 is 10.0 Å². The zero-order valence-corrected chi connectivity index (χ0v) is 16.3. The number of pyridine rings is 1. The summed E-state index contributed by atoms with van der Waals surface area (Å²) in [6.07, 6.45) is 7.53. The molecule has 4 heterocycles. The average molecular weight is 388 g/mol. The Bertz CT molecular complexity index is 920. The van der Waals surface area contributed by atoms with Gasteiger partial charge >= 0.3 is 0 Å². The lowest BCUT2D eigenvalue weighted by Crippen LogP contribution is -2.42. The van der Waals surface area contributed by atoms with E-state index in [4.69, 9.17) is 9.72 Å². The van der Waals surface area contributed by atoms with Gasteiger partial charge in [0, 0.05) is 42.8 Å². The molecule has 0 bridgehead atoms. The fourth-order valence-electron chi connectivity index (χ4n) is 3.87. The number of ether oxygens (including phenoxy) is 1. The molecule has 1 spiro atoms. The number of hydrogen-bond donors (Lipinski definition) is 0. The minimum absolute atomic E-state index is 0.206. The lowest BCUT2D eigenvalue weighted by Gasteiger charge is -2.34. The van der Waals surface area contributed by atoms with Crippen LogP contribution in [0.3, 0.4) is 0 Å². The van der Waals surface area contributed by atoms with Gasteiger partial charge in [-0.05, 0) is 25.0 Å². The molecule has 0 aliphatic carbocycles. The van der Waals surface area contributed by atoms with Gasteiger partial charge in [-0.1, -0.05) is 13.3 Å². The molecule has 0 radical (unpaired) electrons. The second kappa shape index (κ2) is 7.26. The van der Waals surface area contributed by atoms with E-state index in [9.17, 15) is 8.42 Å². The maximum atomic E-state index is 12.7. The van der Waals surface area contributed by atoms with Crippen molar-refractivity contribution in [1.82, 2.24) is 19.3 Å². The molecular weight excluding hydrogens is 364 g/mol. The van der Waals surface area contributed by atoms with Crippen LogP contribution in [0.25, 0.3) is 11.4 Å². The number of hydrogen-bond acceptors (Lipinski definition) is 6. The summed E-state index contributed by atoms with van der Waals surface area (Å²) in [5.41, 5.74) is 2.33. The van der Waals surface area contributed by atoms with Crippen molar-refractivity contribution in [2.45, 2.75) is 38.2 Å². The van der Waals surface area contributed by atoms with Crippen LogP contribution in [-0.4, -0.2) is 53.1 Å². The Morgan fingerprint density at radius 1 is 1.33 bits per heavy atom. The molecule has 2 aliphatic rings. The van der Waals surface area contributed by atoms with E-state index in [-0.39, 0.29) is 5.75 Å². The zero-order chi connectivity index (χ0) is 18.9. The Kier molecular flexibility index (Phi) is 4.96. The van der Waals surface area contributed by atoms with Crippen LogP contribution >= 0.6 is 0 Å². The van der Waals surface area contributed by atoms with E-state index < -0.39 is 15.4 Å². The molecule has 2 aromatic rings. The molecule has 27 heavy (non-hydrogen) atoms. The van der Waals surface area contributed by atoms with E-state index in [1.165, 1.54) is 0 Å². The normalized spacial score (nSPS) is 22.9. The highest BCUT2D eigenvalue weighted by Gasteiger charge is 2.47. The first-order valence-electron chi connectivity index (χ1n) is 9.36. The molecule has 2 aromatic heterocycles. The topological polar surface area (TPSA) is 85.3 Å². The van der Waals surface area contributed by atoms with Crippen LogP contribution in [0.15, 0.2) is 30.7 Å². The molecule has 0 saturated carbocycles. The van der Waals surface area contributed by atoms with Crippen LogP contribution in [0.2, 0.25) is 0 Å². The summed E-state index contributed by atoms with van der Waals surface area (Å²) < 4.78 is 32.8. The van der Waals surface area contributed by atoms with Gasteiger partial charge in [0.2, 0.25) is 10.0 Å². The number of unbranched alkanes of at least 4 members (excludes halogenated alkanes) is 1. The van der Waals surface area contributed by atoms with Crippen LogP contribution < -0.4 is 0 Å². The van der Waals surface area contributed by atoms with Gasteiger partial charge in [0.25, 0.3) is 0 Å². The van der Waals surface area contributed by atoms with Gasteiger partial charge in [0.1, 0.15) is 0 Å². The van der Waals surface area contributed by atoms with Crippen LogP contribution in [0, 0.1) is 0 Å². The van der Waals surface area contributed by atoms with Gasteiger partial charge in [-0.3, -0.25) is 4.98 Å². The molecule has 1 fully saturated rings. The van der Waals surface area contributed by atoms with Crippen molar-refractivity contribution < 1.29 is 13.2 Å². The number of fused-ring (bicyclic) bond motifs is 2. The Morgan fingerprint density at radius 3 is 3.00 bits per heavy atom. The van der Waals surface area contributed by atoms with Crippen LogP contribution in [0.1, 0.15) is 37.4 Å². The zero-order valence-electron chi connectivity index (χ0n) is 15.5. The summed E-state index contributed by atoms with van der Waals surface area (Å²) >= 11 is 0. The molecule has 0 amide bonds. The van der Waals surface area contributed by atoms with Gasteiger partial charge in [0.15, 0.2) is 5.82 Å². The summed E-state index contributed by atoms with van der Waals surface area (Å²) in [5, 5.41) is 0. The first-order valence-corrected chi connectivity index (χ1v) is 11.0. The molecular formula is C19H24N4O3S. The smallest absolute Gasteiger partial charge is 0.214 e.